The molecule has 3 aromatic rings. The molecule has 0 bridgehead atoms. The molecule has 5 nitrogen and oxygen atoms in total. The molecule has 0 unspecified atom stereocenters. The first-order chi connectivity index (χ1) is 11.8. The number of hydrogen-bond acceptors (Lipinski definition) is 3. The van der Waals surface area contributed by atoms with Gasteiger partial charge in [0.2, 0.25) is 0 Å². The van der Waals surface area contributed by atoms with E-state index in [1.54, 1.807) is 24.4 Å². The van der Waals surface area contributed by atoms with Gasteiger partial charge < -0.3 is 9.84 Å². The van der Waals surface area contributed by atoms with Crippen LogP contribution < -0.4 is 4.74 Å². The van der Waals surface area contributed by atoms with Crippen molar-refractivity contribution < 1.29 is 27.8 Å². The van der Waals surface area contributed by atoms with E-state index in [0.29, 0.717) is 16.8 Å². The topological polar surface area (TPSA) is 64.3 Å². The van der Waals surface area contributed by atoms with Gasteiger partial charge in [-0.05, 0) is 35.9 Å². The number of benzene rings is 2. The highest BCUT2D eigenvalue weighted by atomic mass is 19.4. The van der Waals surface area contributed by atoms with Crippen LogP contribution in [0.3, 0.4) is 0 Å². The highest BCUT2D eigenvalue weighted by Crippen LogP contribution is 2.28. The largest absolute Gasteiger partial charge is 0.573 e. The van der Waals surface area contributed by atoms with Crippen LogP contribution in [-0.4, -0.2) is 27.2 Å². The summed E-state index contributed by atoms with van der Waals surface area (Å²) in [5.74, 6) is -1.39. The summed E-state index contributed by atoms with van der Waals surface area (Å²) >= 11 is 0. The van der Waals surface area contributed by atoms with Crippen molar-refractivity contribution >= 4 is 5.97 Å². The Labute approximate surface area is 139 Å². The molecule has 0 saturated carbocycles. The van der Waals surface area contributed by atoms with Gasteiger partial charge in [0.1, 0.15) is 5.75 Å². The first-order valence-electron chi connectivity index (χ1n) is 7.06. The van der Waals surface area contributed by atoms with Gasteiger partial charge >= 0.3 is 12.3 Å². The monoisotopic (exact) mass is 348 g/mol. The highest BCUT2D eigenvalue weighted by molar-refractivity contribution is 5.88. The van der Waals surface area contributed by atoms with Crippen molar-refractivity contribution in [1.29, 1.82) is 0 Å². The van der Waals surface area contributed by atoms with E-state index < -0.39 is 12.3 Å². The molecule has 0 saturated heterocycles. The van der Waals surface area contributed by atoms with E-state index in [1.165, 1.54) is 41.2 Å². The zero-order valence-electron chi connectivity index (χ0n) is 12.6. The van der Waals surface area contributed by atoms with Crippen LogP contribution in [0.15, 0.2) is 60.9 Å². The fraction of sp³-hybridized carbons (Fsp3) is 0.0588. The van der Waals surface area contributed by atoms with Crippen molar-refractivity contribution in [3.8, 4) is 22.6 Å². The van der Waals surface area contributed by atoms with E-state index in [9.17, 15) is 18.0 Å². The van der Waals surface area contributed by atoms with E-state index in [1.807, 2.05) is 0 Å². The first kappa shape index (κ1) is 16.6. The zero-order chi connectivity index (χ0) is 18.0. The van der Waals surface area contributed by atoms with E-state index in [0.717, 1.165) is 0 Å². The van der Waals surface area contributed by atoms with Crippen molar-refractivity contribution in [3.63, 3.8) is 0 Å². The van der Waals surface area contributed by atoms with E-state index in [2.05, 4.69) is 9.84 Å². The number of carboxylic acid groups (broad SMARTS) is 1. The van der Waals surface area contributed by atoms with Gasteiger partial charge in [-0.15, -0.1) is 13.2 Å². The molecule has 8 heteroatoms. The minimum atomic E-state index is -4.76. The number of carbonyl (C=O) groups is 1. The maximum absolute atomic E-state index is 12.3. The molecule has 0 aliphatic heterocycles. The molecule has 0 spiro atoms. The van der Waals surface area contributed by atoms with Crippen LogP contribution in [0.2, 0.25) is 0 Å². The molecule has 0 fully saturated rings. The van der Waals surface area contributed by atoms with Crippen LogP contribution in [0.5, 0.6) is 5.75 Å². The second-order valence-corrected chi connectivity index (χ2v) is 5.10. The third-order valence-electron chi connectivity index (χ3n) is 3.34. The van der Waals surface area contributed by atoms with E-state index in [4.69, 9.17) is 5.11 Å². The van der Waals surface area contributed by atoms with Crippen LogP contribution in [0.1, 0.15) is 10.4 Å². The number of nitrogens with zero attached hydrogens (tertiary/aromatic N) is 2. The third kappa shape index (κ3) is 3.97. The average molecular weight is 348 g/mol. The Kier molecular flexibility index (Phi) is 4.18. The smallest absolute Gasteiger partial charge is 0.478 e. The maximum Gasteiger partial charge on any atom is 0.573 e. The second-order valence-electron chi connectivity index (χ2n) is 5.10. The minimum absolute atomic E-state index is 0.107. The standard InChI is InChI=1S/C17H11F3N2O3/c18-17(19,20)25-15-6-2-3-11(8-15)13-9-21-22(10-13)14-5-1-4-12(7-14)16(23)24/h1-10H,(H,23,24). The number of carboxylic acids is 1. The number of halogens is 3. The van der Waals surface area contributed by atoms with Crippen LogP contribution >= 0.6 is 0 Å². The van der Waals surface area contributed by atoms with Gasteiger partial charge in [0.25, 0.3) is 0 Å². The van der Waals surface area contributed by atoms with Gasteiger partial charge in [0, 0.05) is 11.8 Å². The molecular formula is C17H11F3N2O3. The van der Waals surface area contributed by atoms with Crippen molar-refractivity contribution in [3.05, 3.63) is 66.5 Å². The number of aromatic nitrogens is 2. The van der Waals surface area contributed by atoms with Crippen molar-refractivity contribution in [2.75, 3.05) is 0 Å². The predicted octanol–water partition coefficient (Wildman–Crippen LogP) is 4.14. The molecule has 0 radical (unpaired) electrons. The minimum Gasteiger partial charge on any atom is -0.478 e. The molecule has 0 atom stereocenters. The summed E-state index contributed by atoms with van der Waals surface area (Å²) in [5.41, 5.74) is 1.68. The summed E-state index contributed by atoms with van der Waals surface area (Å²) in [6.45, 7) is 0. The average Bonchev–Trinajstić information content (AvgIpc) is 3.03. The second kappa shape index (κ2) is 6.31. The van der Waals surface area contributed by atoms with Gasteiger partial charge in [-0.1, -0.05) is 18.2 Å². The van der Waals surface area contributed by atoms with Crippen molar-refractivity contribution in [2.24, 2.45) is 0 Å². The number of aromatic carboxylic acids is 1. The number of hydrogen-bond donors (Lipinski definition) is 1. The van der Waals surface area contributed by atoms with Crippen LogP contribution in [0, 0.1) is 0 Å². The first-order valence-corrected chi connectivity index (χ1v) is 7.06. The maximum atomic E-state index is 12.3. The van der Waals surface area contributed by atoms with Gasteiger partial charge in [-0.3, -0.25) is 0 Å². The van der Waals surface area contributed by atoms with Gasteiger partial charge in [-0.25, -0.2) is 9.48 Å². The Morgan fingerprint density at radius 2 is 1.84 bits per heavy atom. The summed E-state index contributed by atoms with van der Waals surface area (Å²) in [5, 5.41) is 13.2. The lowest BCUT2D eigenvalue weighted by atomic mass is 10.1. The fourth-order valence-corrected chi connectivity index (χ4v) is 2.27. The lowest BCUT2D eigenvalue weighted by Crippen LogP contribution is -2.17. The fourth-order valence-electron chi connectivity index (χ4n) is 2.27. The van der Waals surface area contributed by atoms with Crippen molar-refractivity contribution in [1.82, 2.24) is 9.78 Å². The molecular weight excluding hydrogens is 337 g/mol. The molecule has 1 heterocycles. The molecule has 1 aromatic heterocycles. The Morgan fingerprint density at radius 1 is 1.08 bits per heavy atom. The Morgan fingerprint density at radius 3 is 2.56 bits per heavy atom. The summed E-state index contributed by atoms with van der Waals surface area (Å²) < 4.78 is 42.3. The summed E-state index contributed by atoms with van der Waals surface area (Å²) in [4.78, 5) is 11.0. The van der Waals surface area contributed by atoms with Crippen LogP contribution in [0.4, 0.5) is 13.2 Å². The number of ether oxygens (including phenoxy) is 1. The Hall–Kier alpha value is -3.29. The van der Waals surface area contributed by atoms with E-state index >= 15 is 0 Å². The highest BCUT2D eigenvalue weighted by Gasteiger charge is 2.31. The molecule has 0 amide bonds. The zero-order valence-corrected chi connectivity index (χ0v) is 12.6. The molecule has 3 rings (SSSR count). The quantitative estimate of drug-likeness (QED) is 0.770. The Balaban J connectivity index is 1.90. The molecule has 0 aliphatic rings. The van der Waals surface area contributed by atoms with Gasteiger partial charge in [0.05, 0.1) is 17.4 Å². The summed E-state index contributed by atoms with van der Waals surface area (Å²) in [7, 11) is 0. The van der Waals surface area contributed by atoms with Gasteiger partial charge in [0.15, 0.2) is 0 Å². The molecule has 25 heavy (non-hydrogen) atoms. The SMILES string of the molecule is O=C(O)c1cccc(-n2cc(-c3cccc(OC(F)(F)F)c3)cn2)c1. The molecule has 1 N–H and O–H groups in total. The van der Waals surface area contributed by atoms with Gasteiger partial charge in [-0.2, -0.15) is 5.10 Å². The lowest BCUT2D eigenvalue weighted by Gasteiger charge is -2.09. The van der Waals surface area contributed by atoms with Crippen molar-refractivity contribution in [2.45, 2.75) is 6.36 Å². The number of rotatable bonds is 4. The Bertz CT molecular complexity index is 919. The van der Waals surface area contributed by atoms with E-state index in [-0.39, 0.29) is 11.3 Å². The number of alkyl halides is 3. The molecule has 0 aliphatic carbocycles. The third-order valence-corrected chi connectivity index (χ3v) is 3.34. The molecule has 128 valence electrons. The molecule has 2 aromatic carbocycles. The summed E-state index contributed by atoms with van der Waals surface area (Å²) in [6.07, 6.45) is -1.70. The normalized spacial score (nSPS) is 11.3. The summed E-state index contributed by atoms with van der Waals surface area (Å²) in [6, 6.07) is 11.7. The van der Waals surface area contributed by atoms with Crippen LogP contribution in [-0.2, 0) is 0 Å². The predicted molar refractivity (Wildman–Crippen MR) is 82.6 cm³/mol. The van der Waals surface area contributed by atoms with Crippen LogP contribution in [0.25, 0.3) is 16.8 Å². The lowest BCUT2D eigenvalue weighted by molar-refractivity contribution is -0.274.